The number of benzene rings is 2. The van der Waals surface area contributed by atoms with E-state index in [2.05, 4.69) is 12.2 Å². The van der Waals surface area contributed by atoms with Crippen LogP contribution in [0.15, 0.2) is 70.6 Å². The molecule has 0 aliphatic rings. The number of anilines is 1. The number of aromatic nitrogens is 2. The molecule has 0 fully saturated rings. The number of thioether (sulfide) groups is 1. The summed E-state index contributed by atoms with van der Waals surface area (Å²) < 4.78 is 15.5. The molecule has 0 saturated carbocycles. The molecule has 0 aliphatic heterocycles. The average molecular weight is 468 g/mol. The Kier molecular flexibility index (Phi) is 7.02. The van der Waals surface area contributed by atoms with Crippen molar-refractivity contribution in [2.75, 3.05) is 11.1 Å². The summed E-state index contributed by atoms with van der Waals surface area (Å²) in [6, 6.07) is 17.8. The Morgan fingerprint density at radius 3 is 2.66 bits per heavy atom. The molecule has 0 atom stereocenters. The molecular formula is C24H22FN3O2S2. The van der Waals surface area contributed by atoms with E-state index in [0.29, 0.717) is 21.9 Å². The zero-order valence-electron chi connectivity index (χ0n) is 17.5. The first kappa shape index (κ1) is 22.2. The number of para-hydroxylation sites is 1. The number of halogens is 1. The van der Waals surface area contributed by atoms with Gasteiger partial charge >= 0.3 is 0 Å². The SMILES string of the molecule is CCCCn1c(SCC(=O)Nc2ccccc2F)nc2sc(-c3ccccc3)cc2c1=O. The molecule has 4 rings (SSSR count). The molecule has 0 aliphatic carbocycles. The van der Waals surface area contributed by atoms with Crippen molar-refractivity contribution < 1.29 is 9.18 Å². The van der Waals surface area contributed by atoms with E-state index in [4.69, 9.17) is 4.98 Å². The lowest BCUT2D eigenvalue weighted by molar-refractivity contribution is -0.113. The third-order valence-electron chi connectivity index (χ3n) is 4.89. The quantitative estimate of drug-likeness (QED) is 0.263. The molecule has 0 saturated heterocycles. The van der Waals surface area contributed by atoms with Gasteiger partial charge in [0.25, 0.3) is 5.56 Å². The van der Waals surface area contributed by atoms with Gasteiger partial charge < -0.3 is 5.32 Å². The highest BCUT2D eigenvalue weighted by molar-refractivity contribution is 7.99. The van der Waals surface area contributed by atoms with E-state index in [1.165, 1.54) is 35.2 Å². The van der Waals surface area contributed by atoms with E-state index >= 15 is 0 Å². The lowest BCUT2D eigenvalue weighted by Gasteiger charge is -2.11. The lowest BCUT2D eigenvalue weighted by atomic mass is 10.2. The molecule has 164 valence electrons. The van der Waals surface area contributed by atoms with Crippen LogP contribution in [0.5, 0.6) is 0 Å². The van der Waals surface area contributed by atoms with Gasteiger partial charge in [0.05, 0.1) is 16.8 Å². The summed E-state index contributed by atoms with van der Waals surface area (Å²) in [7, 11) is 0. The molecule has 2 aromatic carbocycles. The number of amides is 1. The normalized spacial score (nSPS) is 11.1. The number of nitrogens with one attached hydrogen (secondary N) is 1. The highest BCUT2D eigenvalue weighted by atomic mass is 32.2. The van der Waals surface area contributed by atoms with E-state index in [0.717, 1.165) is 23.3 Å². The topological polar surface area (TPSA) is 64.0 Å². The number of carbonyl (C=O) groups excluding carboxylic acids is 1. The minimum Gasteiger partial charge on any atom is -0.323 e. The second-order valence-electron chi connectivity index (χ2n) is 7.22. The molecule has 8 heteroatoms. The van der Waals surface area contributed by atoms with Gasteiger partial charge in [-0.2, -0.15) is 0 Å². The smallest absolute Gasteiger partial charge is 0.262 e. The maximum absolute atomic E-state index is 13.8. The molecule has 0 unspecified atom stereocenters. The first-order valence-corrected chi connectivity index (χ1v) is 12.1. The Hall–Kier alpha value is -2.97. The van der Waals surface area contributed by atoms with E-state index in [1.54, 1.807) is 16.7 Å². The maximum Gasteiger partial charge on any atom is 0.262 e. The standard InChI is InChI=1S/C24H22FN3O2S2/c1-2-3-13-28-23(30)17-14-20(16-9-5-4-6-10-16)32-22(17)27-24(28)31-15-21(29)26-19-12-8-7-11-18(19)25/h4-12,14H,2-3,13,15H2,1H3,(H,26,29). The third kappa shape index (κ3) is 4.92. The molecule has 1 N–H and O–H groups in total. The van der Waals surface area contributed by atoms with Gasteiger partial charge in [0.2, 0.25) is 5.91 Å². The van der Waals surface area contributed by atoms with Gasteiger partial charge in [0.1, 0.15) is 10.6 Å². The van der Waals surface area contributed by atoms with Crippen molar-refractivity contribution >= 4 is 44.9 Å². The van der Waals surface area contributed by atoms with E-state index in [9.17, 15) is 14.0 Å². The third-order valence-corrected chi connectivity index (χ3v) is 6.94. The molecule has 32 heavy (non-hydrogen) atoms. The second kappa shape index (κ2) is 10.1. The molecule has 0 bridgehead atoms. The van der Waals surface area contributed by atoms with Crippen molar-refractivity contribution in [1.29, 1.82) is 0 Å². The van der Waals surface area contributed by atoms with Crippen LogP contribution >= 0.6 is 23.1 Å². The van der Waals surface area contributed by atoms with Crippen LogP contribution in [0.4, 0.5) is 10.1 Å². The molecular weight excluding hydrogens is 445 g/mol. The fourth-order valence-corrected chi connectivity index (χ4v) is 5.15. The van der Waals surface area contributed by atoms with Crippen LogP contribution in [0.25, 0.3) is 20.7 Å². The number of carbonyl (C=O) groups is 1. The second-order valence-corrected chi connectivity index (χ2v) is 9.19. The summed E-state index contributed by atoms with van der Waals surface area (Å²) in [5.41, 5.74) is 1.07. The summed E-state index contributed by atoms with van der Waals surface area (Å²) in [4.78, 5) is 32.0. The van der Waals surface area contributed by atoms with Crippen molar-refractivity contribution in [1.82, 2.24) is 9.55 Å². The zero-order chi connectivity index (χ0) is 22.5. The number of rotatable bonds is 8. The highest BCUT2D eigenvalue weighted by Gasteiger charge is 2.16. The van der Waals surface area contributed by atoms with Crippen molar-refractivity contribution in [2.24, 2.45) is 0 Å². The Bertz CT molecular complexity index is 1300. The van der Waals surface area contributed by atoms with E-state index < -0.39 is 5.82 Å². The van der Waals surface area contributed by atoms with Crippen molar-refractivity contribution in [2.45, 2.75) is 31.5 Å². The van der Waals surface area contributed by atoms with Crippen LogP contribution in [-0.4, -0.2) is 21.2 Å². The summed E-state index contributed by atoms with van der Waals surface area (Å²) >= 11 is 2.65. The molecule has 4 aromatic rings. The Morgan fingerprint density at radius 2 is 1.91 bits per heavy atom. The van der Waals surface area contributed by atoms with Crippen LogP contribution in [0.3, 0.4) is 0 Å². The van der Waals surface area contributed by atoms with Crippen LogP contribution < -0.4 is 10.9 Å². The summed E-state index contributed by atoms with van der Waals surface area (Å²) in [5.74, 6) is -0.820. The fourth-order valence-electron chi connectivity index (χ4n) is 3.24. The molecule has 1 amide bonds. The van der Waals surface area contributed by atoms with E-state index in [1.807, 2.05) is 36.4 Å². The van der Waals surface area contributed by atoms with Crippen LogP contribution in [0, 0.1) is 5.82 Å². The van der Waals surface area contributed by atoms with Gasteiger partial charge in [-0.1, -0.05) is 67.6 Å². The minimum absolute atomic E-state index is 0.0231. The zero-order valence-corrected chi connectivity index (χ0v) is 19.1. The summed E-state index contributed by atoms with van der Waals surface area (Å²) in [6.45, 7) is 2.59. The Labute approximate surface area is 193 Å². The summed E-state index contributed by atoms with van der Waals surface area (Å²) in [6.07, 6.45) is 1.76. The van der Waals surface area contributed by atoms with Gasteiger partial charge in [-0.25, -0.2) is 9.37 Å². The van der Waals surface area contributed by atoms with Crippen molar-refractivity contribution in [3.05, 3.63) is 76.8 Å². The van der Waals surface area contributed by atoms with Crippen LogP contribution in [0.2, 0.25) is 0 Å². The first-order valence-electron chi connectivity index (χ1n) is 10.3. The van der Waals surface area contributed by atoms with Gasteiger partial charge in [-0.15, -0.1) is 11.3 Å². The number of hydrogen-bond acceptors (Lipinski definition) is 5. The molecule has 2 heterocycles. The Morgan fingerprint density at radius 1 is 1.16 bits per heavy atom. The lowest BCUT2D eigenvalue weighted by Crippen LogP contribution is -2.24. The van der Waals surface area contributed by atoms with Gasteiger partial charge in [-0.3, -0.25) is 14.2 Å². The number of unbranched alkanes of at least 4 members (excludes halogenated alkanes) is 1. The molecule has 0 spiro atoms. The largest absolute Gasteiger partial charge is 0.323 e. The first-order chi connectivity index (χ1) is 15.6. The predicted octanol–water partition coefficient (Wildman–Crippen LogP) is 5.80. The molecule has 0 radical (unpaired) electrons. The van der Waals surface area contributed by atoms with Gasteiger partial charge in [-0.05, 0) is 30.2 Å². The minimum atomic E-state index is -0.489. The van der Waals surface area contributed by atoms with Crippen LogP contribution in [-0.2, 0) is 11.3 Å². The average Bonchev–Trinajstić information content (AvgIpc) is 3.24. The molecule has 2 aromatic heterocycles. The van der Waals surface area contributed by atoms with Crippen LogP contribution in [0.1, 0.15) is 19.8 Å². The number of thiophene rings is 1. The Balaban J connectivity index is 1.62. The monoisotopic (exact) mass is 467 g/mol. The molecule has 5 nitrogen and oxygen atoms in total. The number of hydrogen-bond donors (Lipinski definition) is 1. The van der Waals surface area contributed by atoms with Gasteiger partial charge in [0.15, 0.2) is 5.16 Å². The number of nitrogens with zero attached hydrogens (tertiary/aromatic N) is 2. The predicted molar refractivity (Wildman–Crippen MR) is 130 cm³/mol. The summed E-state index contributed by atoms with van der Waals surface area (Å²) in [5, 5.41) is 3.66. The van der Waals surface area contributed by atoms with Crippen molar-refractivity contribution in [3.8, 4) is 10.4 Å². The highest BCUT2D eigenvalue weighted by Crippen LogP contribution is 2.32. The van der Waals surface area contributed by atoms with Gasteiger partial charge in [0, 0.05) is 11.4 Å². The number of fused-ring (bicyclic) bond motifs is 1. The fraction of sp³-hybridized carbons (Fsp3) is 0.208. The van der Waals surface area contributed by atoms with E-state index in [-0.39, 0.29) is 22.9 Å². The maximum atomic E-state index is 13.8. The van der Waals surface area contributed by atoms with Crippen molar-refractivity contribution in [3.63, 3.8) is 0 Å².